The Morgan fingerprint density at radius 2 is 2.12 bits per heavy atom. The van der Waals surface area contributed by atoms with Crippen molar-refractivity contribution in [3.05, 3.63) is 59.9 Å². The van der Waals surface area contributed by atoms with Gasteiger partial charge in [-0.2, -0.15) is 0 Å². The van der Waals surface area contributed by atoms with E-state index in [9.17, 15) is 4.79 Å². The van der Waals surface area contributed by atoms with E-state index in [2.05, 4.69) is 27.1 Å². The zero-order chi connectivity index (χ0) is 17.2. The lowest BCUT2D eigenvalue weighted by atomic mass is 10.2. The molecule has 0 saturated carbocycles. The summed E-state index contributed by atoms with van der Waals surface area (Å²) in [5.41, 5.74) is 3.30. The van der Waals surface area contributed by atoms with E-state index in [1.54, 1.807) is 12.1 Å². The van der Waals surface area contributed by atoms with Crippen LogP contribution in [0.25, 0.3) is 11.0 Å². The number of likely N-dealkylation sites (tertiary alicyclic amines) is 1. The first-order valence-corrected chi connectivity index (χ1v) is 8.78. The van der Waals surface area contributed by atoms with Gasteiger partial charge in [-0.3, -0.25) is 9.69 Å². The lowest BCUT2D eigenvalue weighted by Crippen LogP contribution is -2.26. The van der Waals surface area contributed by atoms with Crippen LogP contribution in [0.15, 0.2) is 48.5 Å². The average Bonchev–Trinajstić information content (AvgIpc) is 3.21. The number of H-pyrrole nitrogens is 1. The maximum Gasteiger partial charge on any atom is 0.255 e. The summed E-state index contributed by atoms with van der Waals surface area (Å²) in [6, 6.07) is 15.6. The van der Waals surface area contributed by atoms with E-state index in [4.69, 9.17) is 0 Å². The first-order chi connectivity index (χ1) is 12.2. The minimum Gasteiger partial charge on any atom is -0.341 e. The second-order valence-electron chi connectivity index (χ2n) is 6.70. The molecule has 0 bridgehead atoms. The van der Waals surface area contributed by atoms with Gasteiger partial charge in [-0.15, -0.1) is 0 Å². The molecule has 1 aliphatic rings. The zero-order valence-corrected chi connectivity index (χ0v) is 14.3. The molecule has 25 heavy (non-hydrogen) atoms. The van der Waals surface area contributed by atoms with Gasteiger partial charge in [0.15, 0.2) is 0 Å². The molecule has 2 N–H and O–H groups in total. The first-order valence-electron chi connectivity index (χ1n) is 8.78. The van der Waals surface area contributed by atoms with Crippen LogP contribution >= 0.6 is 0 Å². The summed E-state index contributed by atoms with van der Waals surface area (Å²) in [5, 5.41) is 2.94. The molecule has 1 fully saturated rings. The number of fused-ring (bicyclic) bond motifs is 1. The van der Waals surface area contributed by atoms with Gasteiger partial charge in [0.25, 0.3) is 5.91 Å². The van der Waals surface area contributed by atoms with Crippen LogP contribution in [0, 0.1) is 0 Å². The highest BCUT2D eigenvalue weighted by Gasteiger charge is 2.21. The highest BCUT2D eigenvalue weighted by atomic mass is 16.1. The fraction of sp³-hybridized carbons (Fsp3) is 0.300. The third-order valence-electron chi connectivity index (χ3n) is 4.87. The lowest BCUT2D eigenvalue weighted by molar-refractivity contribution is 0.102. The number of amides is 1. The molecule has 1 saturated heterocycles. The molecule has 4 rings (SSSR count). The van der Waals surface area contributed by atoms with E-state index < -0.39 is 0 Å². The second kappa shape index (κ2) is 6.69. The van der Waals surface area contributed by atoms with Crippen molar-refractivity contribution in [2.24, 2.45) is 0 Å². The van der Waals surface area contributed by atoms with Crippen molar-refractivity contribution in [1.82, 2.24) is 14.9 Å². The Kier molecular flexibility index (Phi) is 4.24. The monoisotopic (exact) mass is 334 g/mol. The topological polar surface area (TPSA) is 61.0 Å². The van der Waals surface area contributed by atoms with Crippen LogP contribution in [0.3, 0.4) is 0 Å². The minimum absolute atomic E-state index is 0.106. The Balaban J connectivity index is 1.51. The number of nitrogens with one attached hydrogen (secondary N) is 2. The Hall–Kier alpha value is -2.66. The zero-order valence-electron chi connectivity index (χ0n) is 14.3. The van der Waals surface area contributed by atoms with Gasteiger partial charge >= 0.3 is 0 Å². The Morgan fingerprint density at radius 1 is 1.28 bits per heavy atom. The van der Waals surface area contributed by atoms with Gasteiger partial charge in [-0.05, 0) is 56.6 Å². The van der Waals surface area contributed by atoms with Crippen LogP contribution in [0.1, 0.15) is 35.9 Å². The molecular weight excluding hydrogens is 312 g/mol. The van der Waals surface area contributed by atoms with Crippen LogP contribution < -0.4 is 5.32 Å². The van der Waals surface area contributed by atoms with Crippen molar-refractivity contribution >= 4 is 22.6 Å². The molecule has 1 amide bonds. The Morgan fingerprint density at radius 3 is 2.88 bits per heavy atom. The van der Waals surface area contributed by atoms with Gasteiger partial charge in [0.05, 0.1) is 17.6 Å². The fourth-order valence-corrected chi connectivity index (χ4v) is 3.43. The molecular formula is C20H22N4O. The van der Waals surface area contributed by atoms with E-state index >= 15 is 0 Å². The maximum atomic E-state index is 12.3. The normalized spacial score (nSPS) is 17.9. The third-order valence-corrected chi connectivity index (χ3v) is 4.87. The summed E-state index contributed by atoms with van der Waals surface area (Å²) < 4.78 is 0. The predicted octanol–water partition coefficient (Wildman–Crippen LogP) is 3.80. The SMILES string of the molecule is CC1CCCN1Cc1nc2ccc(NC(=O)c3ccccc3)cc2[nH]1. The number of hydrogen-bond donors (Lipinski definition) is 2. The van der Waals surface area contributed by atoms with E-state index in [-0.39, 0.29) is 5.91 Å². The highest BCUT2D eigenvalue weighted by Crippen LogP contribution is 2.22. The molecule has 1 unspecified atom stereocenters. The van der Waals surface area contributed by atoms with Gasteiger partial charge in [0, 0.05) is 17.3 Å². The fourth-order valence-electron chi connectivity index (χ4n) is 3.43. The molecule has 2 aromatic carbocycles. The number of anilines is 1. The summed E-state index contributed by atoms with van der Waals surface area (Å²) in [6.45, 7) is 4.25. The van der Waals surface area contributed by atoms with Crippen LogP contribution in [0.4, 0.5) is 5.69 Å². The summed E-state index contributed by atoms with van der Waals surface area (Å²) >= 11 is 0. The van der Waals surface area contributed by atoms with E-state index in [1.807, 2.05) is 36.4 Å². The molecule has 5 nitrogen and oxygen atoms in total. The smallest absolute Gasteiger partial charge is 0.255 e. The number of hydrogen-bond acceptors (Lipinski definition) is 3. The van der Waals surface area contributed by atoms with E-state index in [0.29, 0.717) is 11.6 Å². The molecule has 3 aromatic rings. The van der Waals surface area contributed by atoms with Crippen molar-refractivity contribution in [3.8, 4) is 0 Å². The molecule has 1 aliphatic heterocycles. The first kappa shape index (κ1) is 15.8. The van der Waals surface area contributed by atoms with Crippen LogP contribution in [0.2, 0.25) is 0 Å². The Labute approximate surface area is 147 Å². The van der Waals surface area contributed by atoms with Crippen LogP contribution in [-0.2, 0) is 6.54 Å². The van der Waals surface area contributed by atoms with Crippen molar-refractivity contribution in [3.63, 3.8) is 0 Å². The summed E-state index contributed by atoms with van der Waals surface area (Å²) in [4.78, 5) is 22.8. The van der Waals surface area contributed by atoms with Gasteiger partial charge in [-0.1, -0.05) is 18.2 Å². The number of rotatable bonds is 4. The van der Waals surface area contributed by atoms with Gasteiger partial charge in [-0.25, -0.2) is 4.98 Å². The van der Waals surface area contributed by atoms with Gasteiger partial charge in [0.1, 0.15) is 5.82 Å². The summed E-state index contributed by atoms with van der Waals surface area (Å²) in [7, 11) is 0. The average molecular weight is 334 g/mol. The number of carbonyl (C=O) groups excluding carboxylic acids is 1. The molecule has 0 aliphatic carbocycles. The Bertz CT molecular complexity index is 887. The van der Waals surface area contributed by atoms with Crippen LogP contribution in [0.5, 0.6) is 0 Å². The largest absolute Gasteiger partial charge is 0.341 e. The highest BCUT2D eigenvalue weighted by molar-refractivity contribution is 6.04. The standard InChI is InChI=1S/C20H22N4O/c1-14-6-5-11-24(14)13-19-22-17-10-9-16(12-18(17)23-19)21-20(25)15-7-3-2-4-8-15/h2-4,7-10,12,14H,5-6,11,13H2,1H3,(H,21,25)(H,22,23). The van der Waals surface area contributed by atoms with Gasteiger partial charge < -0.3 is 10.3 Å². The van der Waals surface area contributed by atoms with Crippen molar-refractivity contribution in [2.75, 3.05) is 11.9 Å². The molecule has 1 atom stereocenters. The lowest BCUT2D eigenvalue weighted by Gasteiger charge is -2.19. The van der Waals surface area contributed by atoms with Crippen molar-refractivity contribution < 1.29 is 4.79 Å². The summed E-state index contributed by atoms with van der Waals surface area (Å²) in [6.07, 6.45) is 2.52. The van der Waals surface area contributed by atoms with Gasteiger partial charge in [0.2, 0.25) is 0 Å². The van der Waals surface area contributed by atoms with E-state index in [1.165, 1.54) is 12.8 Å². The number of carbonyl (C=O) groups is 1. The molecule has 2 heterocycles. The minimum atomic E-state index is -0.106. The molecule has 1 aromatic heterocycles. The van der Waals surface area contributed by atoms with Crippen molar-refractivity contribution in [2.45, 2.75) is 32.4 Å². The molecule has 5 heteroatoms. The predicted molar refractivity (Wildman–Crippen MR) is 99.6 cm³/mol. The quantitative estimate of drug-likeness (QED) is 0.763. The number of nitrogens with zero attached hydrogens (tertiary/aromatic N) is 2. The van der Waals surface area contributed by atoms with Crippen molar-refractivity contribution in [1.29, 1.82) is 0 Å². The summed E-state index contributed by atoms with van der Waals surface area (Å²) in [5.74, 6) is 0.876. The number of aromatic nitrogens is 2. The van der Waals surface area contributed by atoms with E-state index in [0.717, 1.165) is 35.6 Å². The number of benzene rings is 2. The maximum absolute atomic E-state index is 12.3. The van der Waals surface area contributed by atoms with Crippen LogP contribution in [-0.4, -0.2) is 33.4 Å². The third kappa shape index (κ3) is 3.42. The second-order valence-corrected chi connectivity index (χ2v) is 6.70. The number of imidazole rings is 1. The molecule has 128 valence electrons. The number of aromatic amines is 1. The molecule has 0 radical (unpaired) electrons. The molecule has 0 spiro atoms.